The minimum atomic E-state index is -3.64. The van der Waals surface area contributed by atoms with Crippen molar-refractivity contribution < 1.29 is 8.42 Å². The van der Waals surface area contributed by atoms with Crippen LogP contribution in [0.1, 0.15) is 5.56 Å². The van der Waals surface area contributed by atoms with Gasteiger partial charge in [-0.1, -0.05) is 22.0 Å². The van der Waals surface area contributed by atoms with Crippen molar-refractivity contribution in [3.63, 3.8) is 0 Å². The highest BCUT2D eigenvalue weighted by Gasteiger charge is 2.18. The highest BCUT2D eigenvalue weighted by molar-refractivity contribution is 9.10. The molecule has 0 unspecified atom stereocenters. The average Bonchev–Trinajstić information content (AvgIpc) is 2.43. The molecule has 0 spiro atoms. The number of hydrogen-bond donors (Lipinski definition) is 2. The molecule has 0 heterocycles. The summed E-state index contributed by atoms with van der Waals surface area (Å²) in [7, 11) is -1.82. The van der Waals surface area contributed by atoms with E-state index in [1.54, 1.807) is 36.4 Å². The SMILES string of the molecule is CNCc1ccc(Br)c(S(=O)(=O)Nc2ccc(Br)cc2)c1. The van der Waals surface area contributed by atoms with E-state index in [0.717, 1.165) is 10.0 Å². The van der Waals surface area contributed by atoms with Crippen LogP contribution in [0, 0.1) is 0 Å². The van der Waals surface area contributed by atoms with Gasteiger partial charge in [-0.05, 0) is 64.9 Å². The van der Waals surface area contributed by atoms with Crippen LogP contribution in [-0.2, 0) is 16.6 Å². The van der Waals surface area contributed by atoms with Crippen molar-refractivity contribution in [1.82, 2.24) is 5.32 Å². The van der Waals surface area contributed by atoms with E-state index in [-0.39, 0.29) is 4.90 Å². The molecule has 112 valence electrons. The molecular weight excluding hydrogens is 420 g/mol. The maximum absolute atomic E-state index is 12.5. The van der Waals surface area contributed by atoms with Crippen molar-refractivity contribution in [2.75, 3.05) is 11.8 Å². The molecule has 2 rings (SSSR count). The Morgan fingerprint density at radius 3 is 2.33 bits per heavy atom. The minimum Gasteiger partial charge on any atom is -0.316 e. The predicted octanol–water partition coefficient (Wildman–Crippen LogP) is 3.73. The molecule has 4 nitrogen and oxygen atoms in total. The molecule has 2 aromatic carbocycles. The maximum Gasteiger partial charge on any atom is 0.263 e. The van der Waals surface area contributed by atoms with Gasteiger partial charge in [-0.15, -0.1) is 0 Å². The maximum atomic E-state index is 12.5. The molecule has 21 heavy (non-hydrogen) atoms. The molecule has 0 aromatic heterocycles. The van der Waals surface area contributed by atoms with Gasteiger partial charge in [0.15, 0.2) is 0 Å². The van der Waals surface area contributed by atoms with E-state index in [1.807, 2.05) is 13.1 Å². The molecule has 0 aliphatic rings. The third kappa shape index (κ3) is 4.29. The number of benzene rings is 2. The lowest BCUT2D eigenvalue weighted by Crippen LogP contribution is -2.14. The Hall–Kier alpha value is -0.890. The van der Waals surface area contributed by atoms with Crippen molar-refractivity contribution >= 4 is 47.6 Å². The van der Waals surface area contributed by atoms with Gasteiger partial charge < -0.3 is 5.32 Å². The zero-order valence-electron chi connectivity index (χ0n) is 11.2. The van der Waals surface area contributed by atoms with Crippen LogP contribution >= 0.6 is 31.9 Å². The largest absolute Gasteiger partial charge is 0.316 e. The molecule has 0 saturated carbocycles. The lowest BCUT2D eigenvalue weighted by atomic mass is 10.2. The molecule has 2 aromatic rings. The second-order valence-corrected chi connectivity index (χ2v) is 7.83. The molecular formula is C14H14Br2N2O2S. The summed E-state index contributed by atoms with van der Waals surface area (Å²) in [5.74, 6) is 0. The summed E-state index contributed by atoms with van der Waals surface area (Å²) >= 11 is 6.61. The van der Waals surface area contributed by atoms with E-state index in [9.17, 15) is 8.42 Å². The van der Waals surface area contributed by atoms with Gasteiger partial charge in [0.05, 0.1) is 0 Å². The van der Waals surface area contributed by atoms with Crippen LogP contribution in [0.5, 0.6) is 0 Å². The van der Waals surface area contributed by atoms with Gasteiger partial charge in [0.2, 0.25) is 0 Å². The molecule has 0 aliphatic heterocycles. The molecule has 0 amide bonds. The first-order valence-electron chi connectivity index (χ1n) is 6.14. The van der Waals surface area contributed by atoms with Crippen molar-refractivity contribution in [2.45, 2.75) is 11.4 Å². The highest BCUT2D eigenvalue weighted by Crippen LogP contribution is 2.26. The Morgan fingerprint density at radius 2 is 1.71 bits per heavy atom. The van der Waals surface area contributed by atoms with Gasteiger partial charge in [-0.2, -0.15) is 0 Å². The smallest absolute Gasteiger partial charge is 0.263 e. The Bertz CT molecular complexity index is 731. The molecule has 0 aliphatic carbocycles. The van der Waals surface area contributed by atoms with Crippen LogP contribution in [0.3, 0.4) is 0 Å². The second kappa shape index (κ2) is 6.91. The quantitative estimate of drug-likeness (QED) is 0.755. The van der Waals surface area contributed by atoms with E-state index < -0.39 is 10.0 Å². The molecule has 0 saturated heterocycles. The monoisotopic (exact) mass is 432 g/mol. The first-order valence-corrected chi connectivity index (χ1v) is 9.21. The first-order chi connectivity index (χ1) is 9.92. The fourth-order valence-electron chi connectivity index (χ4n) is 1.80. The Labute approximate surface area is 141 Å². The number of hydrogen-bond acceptors (Lipinski definition) is 3. The van der Waals surface area contributed by atoms with E-state index in [4.69, 9.17) is 0 Å². The molecule has 7 heteroatoms. The van der Waals surface area contributed by atoms with Gasteiger partial charge in [-0.3, -0.25) is 4.72 Å². The van der Waals surface area contributed by atoms with Crippen LogP contribution in [0.2, 0.25) is 0 Å². The fourth-order valence-corrected chi connectivity index (χ4v) is 4.13. The van der Waals surface area contributed by atoms with Crippen molar-refractivity contribution in [1.29, 1.82) is 0 Å². The van der Waals surface area contributed by atoms with E-state index >= 15 is 0 Å². The number of halogens is 2. The number of rotatable bonds is 5. The van der Waals surface area contributed by atoms with E-state index in [0.29, 0.717) is 16.7 Å². The van der Waals surface area contributed by atoms with Crippen molar-refractivity contribution in [3.05, 3.63) is 57.0 Å². The highest BCUT2D eigenvalue weighted by atomic mass is 79.9. The third-order valence-electron chi connectivity index (χ3n) is 2.76. The van der Waals surface area contributed by atoms with E-state index in [2.05, 4.69) is 41.9 Å². The summed E-state index contributed by atoms with van der Waals surface area (Å²) in [6.07, 6.45) is 0. The Balaban J connectivity index is 2.34. The van der Waals surface area contributed by atoms with Gasteiger partial charge in [0, 0.05) is 21.2 Å². The summed E-state index contributed by atoms with van der Waals surface area (Å²) in [5.41, 5.74) is 1.42. The zero-order chi connectivity index (χ0) is 15.5. The van der Waals surface area contributed by atoms with Crippen LogP contribution < -0.4 is 10.0 Å². The zero-order valence-corrected chi connectivity index (χ0v) is 15.2. The molecule has 2 N–H and O–H groups in total. The van der Waals surface area contributed by atoms with Crippen LogP contribution in [0.15, 0.2) is 56.3 Å². The lowest BCUT2D eigenvalue weighted by Gasteiger charge is -2.11. The van der Waals surface area contributed by atoms with Crippen LogP contribution in [0.4, 0.5) is 5.69 Å². The standard InChI is InChI=1S/C14H14Br2N2O2S/c1-17-9-10-2-7-13(16)14(8-10)21(19,20)18-12-5-3-11(15)4-6-12/h2-8,17-18H,9H2,1H3. The lowest BCUT2D eigenvalue weighted by molar-refractivity contribution is 0.600. The summed E-state index contributed by atoms with van der Waals surface area (Å²) in [5, 5.41) is 3.00. The Morgan fingerprint density at radius 1 is 1.05 bits per heavy atom. The van der Waals surface area contributed by atoms with Crippen LogP contribution in [0.25, 0.3) is 0 Å². The average molecular weight is 434 g/mol. The predicted molar refractivity (Wildman–Crippen MR) is 91.9 cm³/mol. The second-order valence-electron chi connectivity index (χ2n) is 4.41. The summed E-state index contributed by atoms with van der Waals surface area (Å²) in [4.78, 5) is 0.221. The molecule has 0 atom stereocenters. The fraction of sp³-hybridized carbons (Fsp3) is 0.143. The van der Waals surface area contributed by atoms with Gasteiger partial charge in [0.1, 0.15) is 4.90 Å². The molecule has 0 bridgehead atoms. The van der Waals surface area contributed by atoms with Gasteiger partial charge in [0.25, 0.3) is 10.0 Å². The van der Waals surface area contributed by atoms with E-state index in [1.165, 1.54) is 0 Å². The van der Waals surface area contributed by atoms with Gasteiger partial charge in [-0.25, -0.2) is 8.42 Å². The molecule has 0 radical (unpaired) electrons. The summed E-state index contributed by atoms with van der Waals surface area (Å²) in [6.45, 7) is 0.605. The van der Waals surface area contributed by atoms with Gasteiger partial charge >= 0.3 is 0 Å². The summed E-state index contributed by atoms with van der Waals surface area (Å²) in [6, 6.07) is 12.2. The molecule has 0 fully saturated rings. The minimum absolute atomic E-state index is 0.221. The van der Waals surface area contributed by atoms with Crippen molar-refractivity contribution in [2.24, 2.45) is 0 Å². The number of sulfonamides is 1. The normalized spacial score (nSPS) is 11.4. The Kier molecular flexibility index (Phi) is 5.43. The first kappa shape index (κ1) is 16.5. The summed E-state index contributed by atoms with van der Waals surface area (Å²) < 4.78 is 29.0. The topological polar surface area (TPSA) is 58.2 Å². The number of nitrogens with one attached hydrogen (secondary N) is 2. The third-order valence-corrected chi connectivity index (χ3v) is 5.67. The van der Waals surface area contributed by atoms with Crippen molar-refractivity contribution in [3.8, 4) is 0 Å². The van der Waals surface area contributed by atoms with Crippen LogP contribution in [-0.4, -0.2) is 15.5 Å². The number of anilines is 1.